The van der Waals surface area contributed by atoms with Gasteiger partial charge in [-0.3, -0.25) is 9.55 Å². The molecule has 298 valence electrons. The molecule has 0 saturated carbocycles. The average molecular weight is 963 g/mol. The monoisotopic (exact) mass is 962 g/mol. The summed E-state index contributed by atoms with van der Waals surface area (Å²) in [5.74, 6) is 0.675. The molecule has 5 heteroatoms. The van der Waals surface area contributed by atoms with E-state index in [1.807, 2.05) is 92.8 Å². The summed E-state index contributed by atoms with van der Waals surface area (Å²) in [5, 5.41) is 11.7. The molecule has 7 aromatic carbocycles. The molecule has 0 aliphatic heterocycles. The topological polar surface area (TPSA) is 50.9 Å². The minimum Gasteiger partial charge on any atom is -0.507 e. The van der Waals surface area contributed by atoms with Gasteiger partial charge in [-0.25, -0.2) is 4.98 Å². The van der Waals surface area contributed by atoms with Crippen molar-refractivity contribution in [2.24, 2.45) is 0 Å². The fraction of sp³-hybridized carbons (Fsp3) is 0.127. The van der Waals surface area contributed by atoms with E-state index in [2.05, 4.69) is 104 Å². The minimum absolute atomic E-state index is 0. The van der Waals surface area contributed by atoms with E-state index < -0.39 is 6.85 Å². The molecule has 60 heavy (non-hydrogen) atoms. The van der Waals surface area contributed by atoms with Crippen LogP contribution < -0.4 is 0 Å². The zero-order chi connectivity index (χ0) is 43.3. The molecule has 0 atom stereocenters. The molecule has 4 nitrogen and oxygen atoms in total. The van der Waals surface area contributed by atoms with Gasteiger partial charge in [0.05, 0.1) is 22.3 Å². The van der Waals surface area contributed by atoms with Crippen molar-refractivity contribution in [1.29, 1.82) is 0 Å². The van der Waals surface area contributed by atoms with E-state index in [-0.39, 0.29) is 37.8 Å². The van der Waals surface area contributed by atoms with Crippen molar-refractivity contribution in [2.75, 3.05) is 0 Å². The number of nitrogens with zero attached hydrogens (tertiary/aromatic N) is 3. The molecule has 0 unspecified atom stereocenters. The second-order valence-corrected chi connectivity index (χ2v) is 16.3. The maximum atomic E-state index is 11.7. The third-order valence-corrected chi connectivity index (χ3v) is 11.1. The molecule has 0 amide bonds. The number of imidazole rings is 1. The van der Waals surface area contributed by atoms with Gasteiger partial charge in [-0.1, -0.05) is 153 Å². The van der Waals surface area contributed by atoms with Crippen molar-refractivity contribution >= 4 is 11.0 Å². The molecule has 2 heterocycles. The third-order valence-electron chi connectivity index (χ3n) is 11.1. The van der Waals surface area contributed by atoms with Crippen LogP contribution in [0.3, 0.4) is 0 Å². The van der Waals surface area contributed by atoms with Crippen LogP contribution in [0.15, 0.2) is 164 Å². The van der Waals surface area contributed by atoms with E-state index in [9.17, 15) is 5.11 Å². The maximum absolute atomic E-state index is 11.7. The number of aromatic nitrogens is 3. The van der Waals surface area contributed by atoms with E-state index >= 15 is 0 Å². The summed E-state index contributed by atoms with van der Waals surface area (Å²) in [6.07, 6.45) is 1.86. The number of para-hydroxylation sites is 1. The summed E-state index contributed by atoms with van der Waals surface area (Å²) in [5.41, 5.74) is 15.2. The van der Waals surface area contributed by atoms with Crippen LogP contribution in [0.4, 0.5) is 0 Å². The van der Waals surface area contributed by atoms with Gasteiger partial charge in [-0.2, -0.15) is 0 Å². The van der Waals surface area contributed by atoms with Gasteiger partial charge < -0.3 is 5.11 Å². The smallest absolute Gasteiger partial charge is 0.148 e. The van der Waals surface area contributed by atoms with E-state index in [4.69, 9.17) is 14.1 Å². The molecule has 9 rings (SSSR count). The third kappa shape index (κ3) is 7.76. The number of fused-ring (bicyclic) bond motifs is 1. The molecule has 1 N–H and O–H groups in total. The summed E-state index contributed by atoms with van der Waals surface area (Å²) >= 11 is 0. The summed E-state index contributed by atoms with van der Waals surface area (Å²) in [7, 11) is 0. The van der Waals surface area contributed by atoms with Gasteiger partial charge in [0.25, 0.3) is 0 Å². The van der Waals surface area contributed by atoms with E-state index in [1.54, 1.807) is 12.1 Å². The average Bonchev–Trinajstić information content (AvgIpc) is 3.67. The predicted molar refractivity (Wildman–Crippen MR) is 245 cm³/mol. The summed E-state index contributed by atoms with van der Waals surface area (Å²) in [4.78, 5) is 10.3. The molecule has 0 aliphatic carbocycles. The Hall–Kier alpha value is -6.35. The van der Waals surface area contributed by atoms with Crippen molar-refractivity contribution in [1.82, 2.24) is 14.5 Å². The Kier molecular flexibility index (Phi) is 10.0. The van der Waals surface area contributed by atoms with Crippen molar-refractivity contribution in [2.45, 2.75) is 46.9 Å². The van der Waals surface area contributed by atoms with E-state index in [0.29, 0.717) is 16.9 Å². The Morgan fingerprint density at radius 3 is 1.95 bits per heavy atom. The van der Waals surface area contributed by atoms with E-state index in [1.165, 1.54) is 5.56 Å². The first kappa shape index (κ1) is 36.7. The number of benzene rings is 7. The SMILES string of the molecule is [2H]C([2H])([2H])c1ccc(-n2c(-c3cc(C)cc(C)c3O)nc3c(-c4[c-]c(-c5cc(-c6ccc(-c7ccccc7)cc6)ccn5)cc(C(C)(C)C)c4)cccc32)c(-c2ccccc2)c1.[Pt]. The normalized spacial score (nSPS) is 12.4. The first-order chi connectivity index (χ1) is 29.7. The minimum atomic E-state index is -2.31. The fourth-order valence-corrected chi connectivity index (χ4v) is 7.98. The van der Waals surface area contributed by atoms with Gasteiger partial charge in [0.15, 0.2) is 0 Å². The Labute approximate surface area is 371 Å². The molecule has 0 aliphatic rings. The number of phenolic OH excluding ortho intramolecular Hbond substituents is 1. The van der Waals surface area contributed by atoms with Gasteiger partial charge in [0, 0.05) is 42.6 Å². The Morgan fingerprint density at radius 1 is 0.600 bits per heavy atom. The van der Waals surface area contributed by atoms with Crippen molar-refractivity contribution in [3.8, 4) is 78.6 Å². The van der Waals surface area contributed by atoms with Gasteiger partial charge in [-0.05, 0) is 95.4 Å². The molecule has 0 bridgehead atoms. The Bertz CT molecular complexity index is 3120. The first-order valence-corrected chi connectivity index (χ1v) is 20.0. The standard InChI is InChI=1S/C55H46N3O.Pt/c1-35-20-25-50(47(29-35)41-16-11-8-12-17-41)58-51-19-13-18-46(52(51)57-54(58)48-30-36(2)28-37(3)53(48)59)43-31-44(33-45(32-43)55(4,5)6)49-34-42(26-27-56-49)40-23-21-39(22-24-40)38-14-9-7-10-15-38;/h7-30,32-34,59H,1-6H3;/q-1;/i1D3;. The van der Waals surface area contributed by atoms with Gasteiger partial charge >= 0.3 is 0 Å². The van der Waals surface area contributed by atoms with Crippen LogP contribution in [0.5, 0.6) is 5.75 Å². The summed E-state index contributed by atoms with van der Waals surface area (Å²) in [6, 6.07) is 56.5. The van der Waals surface area contributed by atoms with Gasteiger partial charge in [-0.15, -0.1) is 29.3 Å². The van der Waals surface area contributed by atoms with Crippen LogP contribution in [0.1, 0.15) is 47.1 Å². The van der Waals surface area contributed by atoms with Crippen molar-refractivity contribution < 1.29 is 30.3 Å². The fourth-order valence-electron chi connectivity index (χ4n) is 7.98. The molecular formula is C55H46N3OPt-. The zero-order valence-corrected chi connectivity index (χ0v) is 36.5. The quantitative estimate of drug-likeness (QED) is 0.162. The van der Waals surface area contributed by atoms with Crippen LogP contribution in [0, 0.1) is 26.8 Å². The van der Waals surface area contributed by atoms with Crippen LogP contribution >= 0.6 is 0 Å². The second kappa shape index (κ2) is 16.4. The Morgan fingerprint density at radius 2 is 1.25 bits per heavy atom. The van der Waals surface area contributed by atoms with Crippen LogP contribution in [-0.2, 0) is 26.5 Å². The summed E-state index contributed by atoms with van der Waals surface area (Å²) in [6.45, 7) is 8.21. The molecule has 0 spiro atoms. The first-order valence-electron chi connectivity index (χ1n) is 21.5. The molecular weight excluding hydrogens is 914 g/mol. The number of aryl methyl sites for hydroxylation is 3. The number of phenols is 1. The number of pyridine rings is 1. The summed E-state index contributed by atoms with van der Waals surface area (Å²) < 4.78 is 26.9. The van der Waals surface area contributed by atoms with Gasteiger partial charge in [0.2, 0.25) is 0 Å². The van der Waals surface area contributed by atoms with Crippen molar-refractivity contribution in [3.05, 3.63) is 192 Å². The predicted octanol–water partition coefficient (Wildman–Crippen LogP) is 14.1. The number of aromatic hydroxyl groups is 1. The maximum Gasteiger partial charge on any atom is 0.148 e. The molecule has 0 fully saturated rings. The molecule has 0 radical (unpaired) electrons. The number of hydrogen-bond acceptors (Lipinski definition) is 3. The van der Waals surface area contributed by atoms with Gasteiger partial charge in [0.1, 0.15) is 11.6 Å². The number of hydrogen-bond donors (Lipinski definition) is 1. The molecule has 9 aromatic rings. The van der Waals surface area contributed by atoms with Crippen LogP contribution in [-0.4, -0.2) is 19.6 Å². The van der Waals surface area contributed by atoms with Crippen LogP contribution in [0.2, 0.25) is 0 Å². The zero-order valence-electron chi connectivity index (χ0n) is 37.2. The largest absolute Gasteiger partial charge is 0.507 e. The Balaban J connectivity index is 0.00000544. The molecule has 0 saturated heterocycles. The second-order valence-electron chi connectivity index (χ2n) is 16.3. The van der Waals surface area contributed by atoms with Crippen LogP contribution in [0.25, 0.3) is 83.9 Å². The van der Waals surface area contributed by atoms with E-state index in [0.717, 1.165) is 78.1 Å². The molecule has 2 aromatic heterocycles. The number of rotatable bonds is 7. The van der Waals surface area contributed by atoms with Crippen molar-refractivity contribution in [3.63, 3.8) is 0 Å².